The van der Waals surface area contributed by atoms with E-state index < -0.39 is 0 Å². The van der Waals surface area contributed by atoms with Gasteiger partial charge in [-0.2, -0.15) is 0 Å². The molecule has 2 heterocycles. The number of aryl methyl sites for hydroxylation is 1. The third-order valence-corrected chi connectivity index (χ3v) is 6.02. The molecule has 0 spiro atoms. The average molecular weight is 286 g/mol. The van der Waals surface area contributed by atoms with E-state index in [1.54, 1.807) is 7.11 Å². The first kappa shape index (κ1) is 13.6. The third kappa shape index (κ3) is 2.18. The van der Waals surface area contributed by atoms with E-state index in [9.17, 15) is 0 Å². The predicted octanol–water partition coefficient (Wildman–Crippen LogP) is 2.61. The van der Waals surface area contributed by atoms with Crippen molar-refractivity contribution in [3.05, 3.63) is 29.3 Å². The molecule has 114 valence electrons. The van der Waals surface area contributed by atoms with E-state index in [1.165, 1.54) is 50.0 Å². The topological polar surface area (TPSA) is 24.5 Å². The normalized spacial score (nSPS) is 35.5. The Bertz CT molecular complexity index is 530. The highest BCUT2D eigenvalue weighted by Gasteiger charge is 2.45. The molecule has 0 amide bonds. The fourth-order valence-corrected chi connectivity index (χ4v) is 4.84. The Morgan fingerprint density at radius 2 is 2.19 bits per heavy atom. The number of nitrogens with zero attached hydrogens (tertiary/aromatic N) is 1. The quantitative estimate of drug-likeness (QED) is 0.904. The standard InChI is InChI=1S/C18H26N2O/c1-12-17-10-19-9-14(17)11-20(12)18-5-3-4-13-6-7-15(21-2)8-16(13)18/h6-8,12,14,17-19H,3-5,9-11H2,1-2H3. The molecule has 21 heavy (non-hydrogen) atoms. The minimum absolute atomic E-state index is 0.601. The van der Waals surface area contributed by atoms with Crippen LogP contribution >= 0.6 is 0 Å². The van der Waals surface area contributed by atoms with Crippen LogP contribution in [0.2, 0.25) is 0 Å². The van der Waals surface area contributed by atoms with Crippen molar-refractivity contribution in [3.63, 3.8) is 0 Å². The van der Waals surface area contributed by atoms with E-state index in [2.05, 4.69) is 35.3 Å². The lowest BCUT2D eigenvalue weighted by Crippen LogP contribution is -2.37. The van der Waals surface area contributed by atoms with Gasteiger partial charge in [-0.1, -0.05) is 6.07 Å². The van der Waals surface area contributed by atoms with Gasteiger partial charge in [0.2, 0.25) is 0 Å². The molecule has 4 atom stereocenters. The molecule has 0 radical (unpaired) electrons. The fourth-order valence-electron chi connectivity index (χ4n) is 4.84. The number of rotatable bonds is 2. The zero-order valence-corrected chi connectivity index (χ0v) is 13.1. The van der Waals surface area contributed by atoms with Crippen molar-refractivity contribution >= 4 is 0 Å². The minimum Gasteiger partial charge on any atom is -0.497 e. The van der Waals surface area contributed by atoms with E-state index >= 15 is 0 Å². The van der Waals surface area contributed by atoms with Gasteiger partial charge in [-0.3, -0.25) is 4.90 Å². The molecule has 4 rings (SSSR count). The summed E-state index contributed by atoms with van der Waals surface area (Å²) in [5, 5.41) is 3.57. The molecule has 2 saturated heterocycles. The van der Waals surface area contributed by atoms with E-state index in [-0.39, 0.29) is 0 Å². The summed E-state index contributed by atoms with van der Waals surface area (Å²) in [6.07, 6.45) is 3.85. The molecule has 1 aromatic rings. The Balaban J connectivity index is 1.65. The van der Waals surface area contributed by atoms with Crippen LogP contribution in [-0.4, -0.2) is 37.7 Å². The van der Waals surface area contributed by atoms with Crippen molar-refractivity contribution < 1.29 is 4.74 Å². The second kappa shape index (κ2) is 5.29. The summed E-state index contributed by atoms with van der Waals surface area (Å²) in [5.74, 6) is 2.71. The van der Waals surface area contributed by atoms with E-state index in [0.717, 1.165) is 17.6 Å². The van der Waals surface area contributed by atoms with Crippen LogP contribution in [-0.2, 0) is 6.42 Å². The van der Waals surface area contributed by atoms with Gasteiger partial charge >= 0.3 is 0 Å². The molecule has 0 saturated carbocycles. The highest BCUT2D eigenvalue weighted by molar-refractivity contribution is 5.39. The van der Waals surface area contributed by atoms with Crippen molar-refractivity contribution in [1.29, 1.82) is 0 Å². The summed E-state index contributed by atoms with van der Waals surface area (Å²) in [6.45, 7) is 6.12. The molecular formula is C18H26N2O. The molecule has 3 heteroatoms. The van der Waals surface area contributed by atoms with Crippen molar-refractivity contribution in [2.24, 2.45) is 11.8 Å². The number of likely N-dealkylation sites (tertiary alicyclic amines) is 1. The molecule has 2 aliphatic heterocycles. The molecule has 1 aromatic carbocycles. The summed E-state index contributed by atoms with van der Waals surface area (Å²) in [4.78, 5) is 2.79. The van der Waals surface area contributed by atoms with Crippen LogP contribution in [0.4, 0.5) is 0 Å². The highest BCUT2D eigenvalue weighted by atomic mass is 16.5. The van der Waals surface area contributed by atoms with Crippen LogP contribution in [0.25, 0.3) is 0 Å². The number of hydrogen-bond donors (Lipinski definition) is 1. The zero-order valence-electron chi connectivity index (χ0n) is 13.1. The molecule has 1 aliphatic carbocycles. The number of benzene rings is 1. The van der Waals surface area contributed by atoms with Crippen molar-refractivity contribution in [3.8, 4) is 5.75 Å². The van der Waals surface area contributed by atoms with E-state index in [4.69, 9.17) is 4.74 Å². The Morgan fingerprint density at radius 1 is 1.29 bits per heavy atom. The molecule has 3 nitrogen and oxygen atoms in total. The Kier molecular flexibility index (Phi) is 3.43. The molecular weight excluding hydrogens is 260 g/mol. The predicted molar refractivity (Wildman–Crippen MR) is 84.7 cm³/mol. The number of hydrogen-bond acceptors (Lipinski definition) is 3. The first-order chi connectivity index (χ1) is 10.3. The van der Waals surface area contributed by atoms with E-state index in [1.807, 2.05) is 0 Å². The molecule has 1 N–H and O–H groups in total. The van der Waals surface area contributed by atoms with Gasteiger partial charge in [-0.25, -0.2) is 0 Å². The number of fused-ring (bicyclic) bond motifs is 2. The maximum Gasteiger partial charge on any atom is 0.119 e. The van der Waals surface area contributed by atoms with Crippen LogP contribution in [0.3, 0.4) is 0 Å². The van der Waals surface area contributed by atoms with Crippen LogP contribution in [0.15, 0.2) is 18.2 Å². The Labute approximate surface area is 127 Å². The molecule has 0 aromatic heterocycles. The first-order valence-corrected chi connectivity index (χ1v) is 8.41. The van der Waals surface area contributed by atoms with Crippen molar-refractivity contribution in [2.75, 3.05) is 26.7 Å². The monoisotopic (exact) mass is 286 g/mol. The number of methoxy groups -OCH3 is 1. The van der Waals surface area contributed by atoms with Crippen LogP contribution in [0, 0.1) is 11.8 Å². The second-order valence-electron chi connectivity index (χ2n) is 6.99. The van der Waals surface area contributed by atoms with Crippen LogP contribution in [0.5, 0.6) is 5.75 Å². The Hall–Kier alpha value is -1.06. The molecule has 3 aliphatic rings. The third-order valence-electron chi connectivity index (χ3n) is 6.02. The summed E-state index contributed by atoms with van der Waals surface area (Å²) >= 11 is 0. The van der Waals surface area contributed by atoms with Gasteiger partial charge in [0.25, 0.3) is 0 Å². The van der Waals surface area contributed by atoms with Gasteiger partial charge in [-0.05, 0) is 74.4 Å². The summed E-state index contributed by atoms with van der Waals surface area (Å²) in [5.41, 5.74) is 3.06. The lowest BCUT2D eigenvalue weighted by Gasteiger charge is -2.37. The van der Waals surface area contributed by atoms with Gasteiger partial charge in [0.05, 0.1) is 7.11 Å². The largest absolute Gasteiger partial charge is 0.497 e. The maximum atomic E-state index is 5.46. The molecule has 2 fully saturated rings. The fraction of sp³-hybridized carbons (Fsp3) is 0.667. The van der Waals surface area contributed by atoms with Gasteiger partial charge in [0.1, 0.15) is 5.75 Å². The SMILES string of the molecule is COc1ccc2c(c1)C(N1CC3CNCC3C1C)CCC2. The lowest BCUT2D eigenvalue weighted by atomic mass is 9.86. The van der Waals surface area contributed by atoms with Gasteiger partial charge in [0.15, 0.2) is 0 Å². The average Bonchev–Trinajstić information content (AvgIpc) is 3.09. The number of ether oxygens (including phenoxy) is 1. The number of nitrogens with one attached hydrogen (secondary N) is 1. The van der Waals surface area contributed by atoms with E-state index in [0.29, 0.717) is 12.1 Å². The van der Waals surface area contributed by atoms with Gasteiger partial charge in [-0.15, -0.1) is 0 Å². The maximum absolute atomic E-state index is 5.46. The second-order valence-corrected chi connectivity index (χ2v) is 6.99. The van der Waals surface area contributed by atoms with Crippen molar-refractivity contribution in [2.45, 2.75) is 38.3 Å². The summed E-state index contributed by atoms with van der Waals surface area (Å²) in [7, 11) is 1.77. The van der Waals surface area contributed by atoms with Gasteiger partial charge < -0.3 is 10.1 Å². The van der Waals surface area contributed by atoms with Crippen molar-refractivity contribution in [1.82, 2.24) is 10.2 Å². The summed E-state index contributed by atoms with van der Waals surface area (Å²) in [6, 6.07) is 7.99. The first-order valence-electron chi connectivity index (χ1n) is 8.41. The highest BCUT2D eigenvalue weighted by Crippen LogP contribution is 2.43. The van der Waals surface area contributed by atoms with Crippen LogP contribution < -0.4 is 10.1 Å². The summed E-state index contributed by atoms with van der Waals surface area (Å²) < 4.78 is 5.46. The Morgan fingerprint density at radius 3 is 3.00 bits per heavy atom. The molecule has 0 bridgehead atoms. The van der Waals surface area contributed by atoms with Crippen LogP contribution in [0.1, 0.15) is 36.9 Å². The molecule has 4 unspecified atom stereocenters. The zero-order chi connectivity index (χ0) is 14.4. The lowest BCUT2D eigenvalue weighted by molar-refractivity contribution is 0.154. The smallest absolute Gasteiger partial charge is 0.119 e. The minimum atomic E-state index is 0.601. The van der Waals surface area contributed by atoms with Gasteiger partial charge in [0, 0.05) is 18.6 Å².